The quantitative estimate of drug-likeness (QED) is 0.151. The minimum Gasteiger partial charge on any atom is -0.333 e. The van der Waals surface area contributed by atoms with Gasteiger partial charge in [0.25, 0.3) is 0 Å². The molecule has 0 radical (unpaired) electrons. The molecule has 0 spiro atoms. The van der Waals surface area contributed by atoms with E-state index in [4.69, 9.17) is 0 Å². The second kappa shape index (κ2) is 15.9. The van der Waals surface area contributed by atoms with Crippen LogP contribution in [-0.2, 0) is 0 Å². The molecule has 1 aliphatic carbocycles. The molecule has 10 aromatic rings. The molecule has 10 aromatic carbocycles. The van der Waals surface area contributed by atoms with E-state index in [9.17, 15) is 0 Å². The van der Waals surface area contributed by atoms with Crippen molar-refractivity contribution < 1.29 is 0 Å². The molecule has 2 nitrogen and oxygen atoms in total. The summed E-state index contributed by atoms with van der Waals surface area (Å²) in [7, 11) is 0. The smallest absolute Gasteiger partial charge is 0.0701 e. The zero-order valence-electron chi connectivity index (χ0n) is 35.3. The van der Waals surface area contributed by atoms with E-state index in [1.807, 2.05) is 0 Å². The van der Waals surface area contributed by atoms with Gasteiger partial charge in [0.15, 0.2) is 0 Å². The van der Waals surface area contributed by atoms with E-state index in [1.165, 1.54) is 83.3 Å². The lowest BCUT2D eigenvalue weighted by atomic mass is 9.83. The van der Waals surface area contributed by atoms with Crippen LogP contribution in [0.5, 0.6) is 0 Å². The molecule has 0 bridgehead atoms. The fourth-order valence-corrected chi connectivity index (χ4v) is 10.2. The zero-order chi connectivity index (χ0) is 42.4. The second-order valence-electron chi connectivity index (χ2n) is 16.9. The van der Waals surface area contributed by atoms with Crippen LogP contribution in [-0.4, -0.2) is 0 Å². The summed E-state index contributed by atoms with van der Waals surface area (Å²) < 4.78 is 0. The summed E-state index contributed by atoms with van der Waals surface area (Å²) in [5.41, 5.74) is 19.3. The van der Waals surface area contributed by atoms with Crippen molar-refractivity contribution in [3.05, 3.63) is 265 Å². The van der Waals surface area contributed by atoms with Gasteiger partial charge < -0.3 is 9.80 Å². The van der Waals surface area contributed by atoms with E-state index in [2.05, 4.69) is 265 Å². The van der Waals surface area contributed by atoms with Gasteiger partial charge in [-0.15, -0.1) is 0 Å². The molecule has 2 heteroatoms. The third-order valence-electron chi connectivity index (χ3n) is 13.2. The lowest BCUT2D eigenvalue weighted by molar-refractivity contribution is 0.667. The Labute approximate surface area is 375 Å². The molecule has 0 amide bonds. The van der Waals surface area contributed by atoms with Gasteiger partial charge in [-0.2, -0.15) is 0 Å². The molecule has 0 aromatic heterocycles. The third-order valence-corrected chi connectivity index (χ3v) is 13.2. The van der Waals surface area contributed by atoms with E-state index < -0.39 is 0 Å². The molecule has 2 unspecified atom stereocenters. The normalized spacial score (nSPS) is 14.8. The molecular formula is C62H44N2. The molecular weight excluding hydrogens is 773 g/mol. The largest absolute Gasteiger partial charge is 0.333 e. The lowest BCUT2D eigenvalue weighted by Crippen LogP contribution is -2.23. The summed E-state index contributed by atoms with van der Waals surface area (Å²) in [6.07, 6.45) is 4.70. The first kappa shape index (κ1) is 37.6. The highest BCUT2D eigenvalue weighted by atomic mass is 15.2. The molecule has 2 aliphatic rings. The SMILES string of the molecule is C1=CC2c3ccccc3N(c3ccc(-c4ccc(N(c5ccc(-c6ccccc6)cc5)c5ccccc5-c5ccc6ccccc6c5)cc4-c4ccccc4)cc3)C2c2ccccc21. The third kappa shape index (κ3) is 6.60. The number of rotatable bonds is 8. The summed E-state index contributed by atoms with van der Waals surface area (Å²) in [5, 5.41) is 2.46. The minimum absolute atomic E-state index is 0.203. The predicted molar refractivity (Wildman–Crippen MR) is 270 cm³/mol. The first-order valence-corrected chi connectivity index (χ1v) is 22.2. The molecule has 1 heterocycles. The number of benzene rings is 10. The molecule has 1 aliphatic heterocycles. The molecule has 0 fully saturated rings. The van der Waals surface area contributed by atoms with E-state index in [-0.39, 0.29) is 6.04 Å². The number of hydrogen-bond acceptors (Lipinski definition) is 2. The van der Waals surface area contributed by atoms with Gasteiger partial charge in [-0.25, -0.2) is 0 Å². The number of para-hydroxylation sites is 2. The average molecular weight is 817 g/mol. The summed E-state index contributed by atoms with van der Waals surface area (Å²) >= 11 is 0. The van der Waals surface area contributed by atoms with Gasteiger partial charge in [0.1, 0.15) is 0 Å². The fraction of sp³-hybridized carbons (Fsp3) is 0.0323. The van der Waals surface area contributed by atoms with Crippen molar-refractivity contribution in [3.8, 4) is 44.5 Å². The van der Waals surface area contributed by atoms with Crippen molar-refractivity contribution >= 4 is 45.3 Å². The maximum absolute atomic E-state index is 2.56. The molecule has 302 valence electrons. The van der Waals surface area contributed by atoms with Crippen LogP contribution in [0.3, 0.4) is 0 Å². The summed E-state index contributed by atoms with van der Waals surface area (Å²) in [4.78, 5) is 4.98. The van der Waals surface area contributed by atoms with E-state index >= 15 is 0 Å². The zero-order valence-corrected chi connectivity index (χ0v) is 35.3. The van der Waals surface area contributed by atoms with Crippen molar-refractivity contribution in [2.75, 3.05) is 9.80 Å². The second-order valence-corrected chi connectivity index (χ2v) is 16.9. The van der Waals surface area contributed by atoms with Crippen LogP contribution in [0.4, 0.5) is 28.4 Å². The molecule has 2 atom stereocenters. The predicted octanol–water partition coefficient (Wildman–Crippen LogP) is 17.0. The van der Waals surface area contributed by atoms with Crippen molar-refractivity contribution in [2.24, 2.45) is 0 Å². The van der Waals surface area contributed by atoms with Gasteiger partial charge in [-0.05, 0) is 121 Å². The molecule has 0 saturated carbocycles. The topological polar surface area (TPSA) is 6.48 Å². The number of anilines is 5. The highest BCUT2D eigenvalue weighted by molar-refractivity contribution is 5.95. The van der Waals surface area contributed by atoms with Crippen LogP contribution in [0.15, 0.2) is 249 Å². The van der Waals surface area contributed by atoms with Gasteiger partial charge in [-0.1, -0.05) is 200 Å². The number of hydrogen-bond donors (Lipinski definition) is 0. The van der Waals surface area contributed by atoms with Crippen LogP contribution < -0.4 is 9.80 Å². The molecule has 0 N–H and O–H groups in total. The van der Waals surface area contributed by atoms with Crippen LogP contribution in [0, 0.1) is 0 Å². The van der Waals surface area contributed by atoms with Crippen molar-refractivity contribution in [1.82, 2.24) is 0 Å². The van der Waals surface area contributed by atoms with Crippen LogP contribution in [0.2, 0.25) is 0 Å². The number of fused-ring (bicyclic) bond motifs is 6. The highest BCUT2D eigenvalue weighted by Gasteiger charge is 2.41. The maximum Gasteiger partial charge on any atom is 0.0701 e. The van der Waals surface area contributed by atoms with Gasteiger partial charge >= 0.3 is 0 Å². The molecule has 0 saturated heterocycles. The van der Waals surface area contributed by atoms with Crippen molar-refractivity contribution in [1.29, 1.82) is 0 Å². The Kier molecular flexibility index (Phi) is 9.34. The van der Waals surface area contributed by atoms with E-state index in [1.54, 1.807) is 0 Å². The monoisotopic (exact) mass is 816 g/mol. The maximum atomic E-state index is 2.56. The summed E-state index contributed by atoms with van der Waals surface area (Å²) in [6.45, 7) is 0. The van der Waals surface area contributed by atoms with Crippen LogP contribution in [0.1, 0.15) is 28.7 Å². The Morgan fingerprint density at radius 3 is 1.77 bits per heavy atom. The lowest BCUT2D eigenvalue weighted by Gasteiger charge is -2.33. The van der Waals surface area contributed by atoms with Gasteiger partial charge in [-0.3, -0.25) is 0 Å². The van der Waals surface area contributed by atoms with Crippen LogP contribution in [0.25, 0.3) is 61.4 Å². The Bertz CT molecular complexity index is 3330. The van der Waals surface area contributed by atoms with Crippen molar-refractivity contribution in [2.45, 2.75) is 12.0 Å². The van der Waals surface area contributed by atoms with Crippen molar-refractivity contribution in [3.63, 3.8) is 0 Å². The molecule has 64 heavy (non-hydrogen) atoms. The average Bonchev–Trinajstić information content (AvgIpc) is 3.72. The van der Waals surface area contributed by atoms with Crippen LogP contribution >= 0.6 is 0 Å². The first-order chi connectivity index (χ1) is 31.7. The molecule has 12 rings (SSSR count). The minimum atomic E-state index is 0.203. The Hall–Kier alpha value is -8.20. The summed E-state index contributed by atoms with van der Waals surface area (Å²) in [6, 6.07) is 88.9. The highest BCUT2D eigenvalue weighted by Crippen LogP contribution is 2.56. The standard InChI is InChI=1S/C62H44N2/c1-3-15-43(16-4-1)45-29-34-51(35-30-45)63(60-25-13-11-22-55(60)50-28-27-44-17-7-8-21-49(44)41-50)53-38-40-54(59(42-53)46-18-5-2-6-19-46)48-31-36-52(37-32-48)64-61-26-14-12-24-57(61)58-39-33-47-20-9-10-23-56(47)62(58)64/h1-42,58,62H. The van der Waals surface area contributed by atoms with E-state index in [0.29, 0.717) is 5.92 Å². The van der Waals surface area contributed by atoms with Gasteiger partial charge in [0.2, 0.25) is 0 Å². The number of nitrogens with zero attached hydrogens (tertiary/aromatic N) is 2. The van der Waals surface area contributed by atoms with E-state index in [0.717, 1.165) is 17.1 Å². The Morgan fingerprint density at radius 2 is 0.953 bits per heavy atom. The Morgan fingerprint density at radius 1 is 0.359 bits per heavy atom. The van der Waals surface area contributed by atoms with Gasteiger partial charge in [0, 0.05) is 34.2 Å². The summed E-state index contributed by atoms with van der Waals surface area (Å²) in [5.74, 6) is 0.298. The van der Waals surface area contributed by atoms with Gasteiger partial charge in [0.05, 0.1) is 11.7 Å². The Balaban J connectivity index is 0.986. The first-order valence-electron chi connectivity index (χ1n) is 22.2. The fourth-order valence-electron chi connectivity index (χ4n) is 10.2.